The summed E-state index contributed by atoms with van der Waals surface area (Å²) in [5.74, 6) is 0. The van der Waals surface area contributed by atoms with Crippen molar-refractivity contribution >= 4 is 7.26 Å². The molecule has 0 aromatic carbocycles. The van der Waals surface area contributed by atoms with Gasteiger partial charge in [0.15, 0.2) is 0 Å². The van der Waals surface area contributed by atoms with Crippen molar-refractivity contribution in [3.8, 4) is 0 Å². The third-order valence-electron chi connectivity index (χ3n) is 5.94. The Labute approximate surface area is 174 Å². The van der Waals surface area contributed by atoms with Crippen LogP contribution in [0.5, 0.6) is 0 Å². The van der Waals surface area contributed by atoms with E-state index in [1.165, 1.54) is 103 Å². The Morgan fingerprint density at radius 3 is 0.769 bits per heavy atom. The normalized spacial score (nSPS) is 11.5. The summed E-state index contributed by atoms with van der Waals surface area (Å²) in [4.78, 5) is 0. The smallest absolute Gasteiger partial charge is 0.0594 e. The van der Waals surface area contributed by atoms with Gasteiger partial charge in [0.25, 0.3) is 0 Å². The first-order valence-electron chi connectivity index (χ1n) is 12.1. The molecule has 0 heterocycles. The molecular weight excluding hydrogens is 355 g/mol. The highest BCUT2D eigenvalue weighted by atomic mass is 35.5. The van der Waals surface area contributed by atoms with E-state index in [0.29, 0.717) is 0 Å². The molecule has 0 saturated heterocycles. The van der Waals surface area contributed by atoms with E-state index in [0.717, 1.165) is 0 Å². The van der Waals surface area contributed by atoms with Gasteiger partial charge in [0, 0.05) is 7.26 Å². The van der Waals surface area contributed by atoms with Crippen molar-refractivity contribution < 1.29 is 12.4 Å². The lowest BCUT2D eigenvalue weighted by molar-refractivity contribution is -0.00000580. The first-order valence-corrected chi connectivity index (χ1v) is 14.6. The van der Waals surface area contributed by atoms with Crippen LogP contribution in [0.4, 0.5) is 0 Å². The van der Waals surface area contributed by atoms with E-state index in [9.17, 15) is 0 Å². The summed E-state index contributed by atoms with van der Waals surface area (Å²) in [5, 5.41) is 0. The molecule has 0 aliphatic carbocycles. The maximum atomic E-state index is 2.35. The van der Waals surface area contributed by atoms with Crippen molar-refractivity contribution in [3.05, 3.63) is 0 Å². The topological polar surface area (TPSA) is 0 Å². The van der Waals surface area contributed by atoms with Gasteiger partial charge < -0.3 is 12.4 Å². The van der Waals surface area contributed by atoms with Crippen molar-refractivity contribution in [3.63, 3.8) is 0 Å². The van der Waals surface area contributed by atoms with Crippen LogP contribution in [-0.2, 0) is 0 Å². The molecule has 0 rings (SSSR count). The van der Waals surface area contributed by atoms with Gasteiger partial charge in [-0.2, -0.15) is 0 Å². The minimum atomic E-state index is -0.657. The van der Waals surface area contributed by atoms with E-state index in [1.807, 2.05) is 0 Å². The van der Waals surface area contributed by atoms with Crippen molar-refractivity contribution in [2.75, 3.05) is 24.6 Å². The molecule has 0 fully saturated rings. The molecule has 0 aromatic heterocycles. The minimum absolute atomic E-state index is 0. The number of unbranched alkanes of at least 4 members (excludes halogenated alkanes) is 12. The van der Waals surface area contributed by atoms with Crippen LogP contribution < -0.4 is 12.4 Å². The lowest BCUT2D eigenvalue weighted by Crippen LogP contribution is -3.00. The second-order valence-corrected chi connectivity index (χ2v) is 13.0. The van der Waals surface area contributed by atoms with Gasteiger partial charge in [-0.3, -0.25) is 0 Å². The fraction of sp³-hybridized carbons (Fsp3) is 1.00. The third-order valence-corrected chi connectivity index (χ3v) is 11.0. The van der Waals surface area contributed by atoms with Gasteiger partial charge in [0.1, 0.15) is 0 Å². The van der Waals surface area contributed by atoms with Crippen LogP contribution in [0.2, 0.25) is 0 Å². The van der Waals surface area contributed by atoms with Gasteiger partial charge >= 0.3 is 0 Å². The SMILES string of the molecule is CCCCCC[P+](CCCCCC)(CCCCCC)CCCCCC.[Cl-]. The summed E-state index contributed by atoms with van der Waals surface area (Å²) in [6, 6.07) is 0. The maximum absolute atomic E-state index is 2.35. The molecule has 0 saturated carbocycles. The van der Waals surface area contributed by atoms with E-state index in [2.05, 4.69) is 27.7 Å². The molecule has 0 nitrogen and oxygen atoms in total. The average Bonchev–Trinajstić information content (AvgIpc) is 2.63. The monoisotopic (exact) mass is 406 g/mol. The summed E-state index contributed by atoms with van der Waals surface area (Å²) in [6.45, 7) is 9.40. The van der Waals surface area contributed by atoms with E-state index in [1.54, 1.807) is 24.6 Å². The van der Waals surface area contributed by atoms with Crippen LogP contribution in [0, 0.1) is 0 Å². The Kier molecular flexibility index (Phi) is 24.5. The fourth-order valence-corrected chi connectivity index (χ4v) is 9.09. The van der Waals surface area contributed by atoms with Crippen molar-refractivity contribution in [2.45, 2.75) is 130 Å². The number of rotatable bonds is 20. The van der Waals surface area contributed by atoms with Gasteiger partial charge in [-0.15, -0.1) is 0 Å². The molecule has 2 heteroatoms. The maximum Gasteiger partial charge on any atom is 0.0594 e. The molecule has 0 aliphatic rings. The summed E-state index contributed by atoms with van der Waals surface area (Å²) in [5.41, 5.74) is 0. The van der Waals surface area contributed by atoms with Crippen LogP contribution in [0.1, 0.15) is 130 Å². The molecule has 0 spiro atoms. The zero-order valence-electron chi connectivity index (χ0n) is 19.0. The molecule has 160 valence electrons. The molecule has 0 radical (unpaired) electrons. The predicted molar refractivity (Wildman–Crippen MR) is 123 cm³/mol. The van der Waals surface area contributed by atoms with Gasteiger partial charge in [-0.25, -0.2) is 0 Å². The Morgan fingerprint density at radius 2 is 0.577 bits per heavy atom. The molecule has 0 atom stereocenters. The number of hydrogen-bond acceptors (Lipinski definition) is 0. The van der Waals surface area contributed by atoms with E-state index in [4.69, 9.17) is 0 Å². The van der Waals surface area contributed by atoms with Crippen LogP contribution in [0.15, 0.2) is 0 Å². The number of hydrogen-bond donors (Lipinski definition) is 0. The predicted octanol–water partition coefficient (Wildman–Crippen LogP) is 6.33. The van der Waals surface area contributed by atoms with Gasteiger partial charge in [-0.05, 0) is 51.4 Å². The highest BCUT2D eigenvalue weighted by Gasteiger charge is 2.34. The van der Waals surface area contributed by atoms with Crippen molar-refractivity contribution in [1.29, 1.82) is 0 Å². The third kappa shape index (κ3) is 16.9. The van der Waals surface area contributed by atoms with Crippen LogP contribution in [0.3, 0.4) is 0 Å². The molecule has 0 unspecified atom stereocenters. The lowest BCUT2D eigenvalue weighted by atomic mass is 10.2. The molecule has 0 amide bonds. The molecule has 26 heavy (non-hydrogen) atoms. The highest BCUT2D eigenvalue weighted by Crippen LogP contribution is 2.61. The summed E-state index contributed by atoms with van der Waals surface area (Å²) in [7, 11) is -0.657. The van der Waals surface area contributed by atoms with E-state index < -0.39 is 7.26 Å². The standard InChI is InChI=1S/C24H52P.ClH/c1-5-9-13-17-21-25(22-18-14-10-6-2,23-19-15-11-7-3)24-20-16-12-8-4;/h5-24H2,1-4H3;1H/q+1;/p-1. The highest BCUT2D eigenvalue weighted by molar-refractivity contribution is 7.75. The molecule has 0 bridgehead atoms. The second kappa shape index (κ2) is 22.0. The molecule has 0 N–H and O–H groups in total. The largest absolute Gasteiger partial charge is 1.00 e. The Balaban J connectivity index is 0. The first-order chi connectivity index (χ1) is 12.2. The van der Waals surface area contributed by atoms with Gasteiger partial charge in [0.2, 0.25) is 0 Å². The van der Waals surface area contributed by atoms with Crippen LogP contribution in [-0.4, -0.2) is 24.6 Å². The fourth-order valence-electron chi connectivity index (χ4n) is 4.17. The molecular formula is C24H52ClP. The van der Waals surface area contributed by atoms with Gasteiger partial charge in [0.05, 0.1) is 24.6 Å². The Morgan fingerprint density at radius 1 is 0.346 bits per heavy atom. The Hall–Kier alpha value is 0.720. The number of halogens is 1. The van der Waals surface area contributed by atoms with E-state index >= 15 is 0 Å². The lowest BCUT2D eigenvalue weighted by Gasteiger charge is -2.28. The summed E-state index contributed by atoms with van der Waals surface area (Å²) >= 11 is 0. The minimum Gasteiger partial charge on any atom is -1.00 e. The van der Waals surface area contributed by atoms with Crippen molar-refractivity contribution in [1.82, 2.24) is 0 Å². The quantitative estimate of drug-likeness (QED) is 0.164. The zero-order valence-corrected chi connectivity index (χ0v) is 20.6. The van der Waals surface area contributed by atoms with E-state index in [-0.39, 0.29) is 12.4 Å². The summed E-state index contributed by atoms with van der Waals surface area (Å²) in [6.07, 6.45) is 30.1. The average molecular weight is 407 g/mol. The molecule has 0 aliphatic heterocycles. The van der Waals surface area contributed by atoms with Crippen LogP contribution in [0.25, 0.3) is 0 Å². The summed E-state index contributed by atoms with van der Waals surface area (Å²) < 4.78 is 0. The first kappa shape index (κ1) is 28.9. The second-order valence-electron chi connectivity index (χ2n) is 8.48. The Bertz CT molecular complexity index is 201. The van der Waals surface area contributed by atoms with Gasteiger partial charge in [-0.1, -0.05) is 79.1 Å². The molecule has 0 aromatic rings. The van der Waals surface area contributed by atoms with Crippen LogP contribution >= 0.6 is 7.26 Å². The van der Waals surface area contributed by atoms with Crippen molar-refractivity contribution in [2.24, 2.45) is 0 Å². The zero-order chi connectivity index (χ0) is 18.6.